The first-order valence-electron chi connectivity index (χ1n) is 8.18. The molecular weight excluding hydrogens is 415 g/mol. The smallest absolute Gasteiger partial charge is 0.321 e. The number of hydrogen-bond acceptors (Lipinski definition) is 5. The highest BCUT2D eigenvalue weighted by Crippen LogP contribution is 2.31. The molecule has 0 bridgehead atoms. The van der Waals surface area contributed by atoms with Crippen LogP contribution in [0, 0.1) is 5.82 Å². The second-order valence-electron chi connectivity index (χ2n) is 6.31. The van der Waals surface area contributed by atoms with Crippen LogP contribution < -0.4 is 10.6 Å². The quantitative estimate of drug-likeness (QED) is 0.776. The molecule has 2 amide bonds. The number of nitrogens with one attached hydrogen (secondary N) is 2. The molecule has 0 saturated carbocycles. The Morgan fingerprint density at radius 1 is 1.41 bits per heavy atom. The topological polar surface area (TPSA) is 91.4 Å². The Balaban J connectivity index is 1.77. The van der Waals surface area contributed by atoms with Crippen molar-refractivity contribution in [3.05, 3.63) is 39.6 Å². The van der Waals surface area contributed by atoms with Crippen LogP contribution in [0.3, 0.4) is 0 Å². The maximum atomic E-state index is 13.3. The van der Waals surface area contributed by atoms with Crippen LogP contribution >= 0.6 is 22.9 Å². The largest absolute Gasteiger partial charge is 0.336 e. The molecule has 0 radical (unpaired) electrons. The third-order valence-electron chi connectivity index (χ3n) is 3.87. The standard InChI is InChI=1S/C16H18ClFN4O3S2/c1-9(2)19-15(23)21-16-20-13-5-6-22(8-14(13)26-16)27(24,25)10-3-4-12(18)11(17)7-10/h3-4,7,9H,5-6,8H2,1-2H3,(H2,19,20,21,23). The summed E-state index contributed by atoms with van der Waals surface area (Å²) < 4.78 is 40.3. The van der Waals surface area contributed by atoms with Crippen molar-refractivity contribution in [2.24, 2.45) is 0 Å². The van der Waals surface area contributed by atoms with Crippen molar-refractivity contribution in [3.8, 4) is 0 Å². The number of nitrogens with zero attached hydrogens (tertiary/aromatic N) is 2. The number of hydrogen-bond donors (Lipinski definition) is 2. The Hall–Kier alpha value is -1.75. The normalized spacial score (nSPS) is 14.9. The first kappa shape index (κ1) is 20.0. The molecule has 7 nitrogen and oxygen atoms in total. The molecule has 1 aromatic carbocycles. The summed E-state index contributed by atoms with van der Waals surface area (Å²) in [5.74, 6) is -0.672. The van der Waals surface area contributed by atoms with Crippen LogP contribution in [0.1, 0.15) is 24.4 Å². The number of aromatic nitrogens is 1. The van der Waals surface area contributed by atoms with Gasteiger partial charge in [0.15, 0.2) is 5.13 Å². The predicted molar refractivity (Wildman–Crippen MR) is 102 cm³/mol. The number of carbonyl (C=O) groups is 1. The molecule has 2 heterocycles. The van der Waals surface area contributed by atoms with Gasteiger partial charge in [0.05, 0.1) is 22.2 Å². The minimum absolute atomic E-state index is 0.0113. The number of thiazole rings is 1. The van der Waals surface area contributed by atoms with Crippen LogP contribution in [0.5, 0.6) is 0 Å². The number of rotatable bonds is 4. The molecule has 0 atom stereocenters. The first-order valence-corrected chi connectivity index (χ1v) is 10.8. The molecule has 2 N–H and O–H groups in total. The van der Waals surface area contributed by atoms with Crippen LogP contribution in [0.15, 0.2) is 23.1 Å². The number of halogens is 2. The van der Waals surface area contributed by atoms with Crippen molar-refractivity contribution in [2.75, 3.05) is 11.9 Å². The number of carbonyl (C=O) groups excluding carboxylic acids is 1. The Bertz CT molecular complexity index is 978. The molecule has 1 aliphatic rings. The van der Waals surface area contributed by atoms with E-state index < -0.39 is 15.8 Å². The van der Waals surface area contributed by atoms with Gasteiger partial charge in [0.2, 0.25) is 10.0 Å². The van der Waals surface area contributed by atoms with Gasteiger partial charge in [-0.3, -0.25) is 5.32 Å². The van der Waals surface area contributed by atoms with Crippen LogP contribution in [0.2, 0.25) is 5.02 Å². The summed E-state index contributed by atoms with van der Waals surface area (Å²) in [6.07, 6.45) is 0.424. The van der Waals surface area contributed by atoms with E-state index in [0.717, 1.165) is 22.7 Å². The van der Waals surface area contributed by atoms with Gasteiger partial charge in [-0.05, 0) is 32.0 Å². The predicted octanol–water partition coefficient (Wildman–Crippen LogP) is 3.21. The summed E-state index contributed by atoms with van der Waals surface area (Å²) >= 11 is 6.95. The average molecular weight is 433 g/mol. The van der Waals surface area contributed by atoms with E-state index in [1.165, 1.54) is 21.7 Å². The van der Waals surface area contributed by atoms with Gasteiger partial charge in [-0.25, -0.2) is 22.6 Å². The van der Waals surface area contributed by atoms with E-state index in [1.54, 1.807) is 0 Å². The van der Waals surface area contributed by atoms with Crippen molar-refractivity contribution in [1.82, 2.24) is 14.6 Å². The number of anilines is 1. The molecule has 3 rings (SSSR count). The third-order valence-corrected chi connectivity index (χ3v) is 6.99. The van der Waals surface area contributed by atoms with Gasteiger partial charge in [-0.15, -0.1) is 0 Å². The Labute approximate surface area is 165 Å². The molecule has 146 valence electrons. The molecule has 2 aromatic rings. The molecule has 0 saturated heterocycles. The molecule has 0 fully saturated rings. The zero-order valence-electron chi connectivity index (χ0n) is 14.6. The molecular formula is C16H18ClFN4O3S2. The van der Waals surface area contributed by atoms with E-state index in [1.807, 2.05) is 13.8 Å². The van der Waals surface area contributed by atoms with Gasteiger partial charge in [0.25, 0.3) is 0 Å². The van der Waals surface area contributed by atoms with Crippen LogP contribution in [0.4, 0.5) is 14.3 Å². The van der Waals surface area contributed by atoms with Crippen LogP contribution in [-0.2, 0) is 23.0 Å². The van der Waals surface area contributed by atoms with Crippen molar-refractivity contribution in [3.63, 3.8) is 0 Å². The Kier molecular flexibility index (Phi) is 5.71. The lowest BCUT2D eigenvalue weighted by atomic mass is 10.2. The fourth-order valence-corrected chi connectivity index (χ4v) is 5.39. The summed E-state index contributed by atoms with van der Waals surface area (Å²) in [6.45, 7) is 4.07. The third kappa shape index (κ3) is 4.40. The number of fused-ring (bicyclic) bond motifs is 1. The molecule has 0 aliphatic carbocycles. The van der Waals surface area contributed by atoms with Gasteiger partial charge < -0.3 is 5.32 Å². The number of benzene rings is 1. The average Bonchev–Trinajstić information content (AvgIpc) is 2.97. The highest BCUT2D eigenvalue weighted by atomic mass is 35.5. The van der Waals surface area contributed by atoms with Crippen molar-refractivity contribution >= 4 is 44.1 Å². The summed E-state index contributed by atoms with van der Waals surface area (Å²) in [7, 11) is -3.81. The highest BCUT2D eigenvalue weighted by molar-refractivity contribution is 7.89. The fourth-order valence-electron chi connectivity index (χ4n) is 2.61. The van der Waals surface area contributed by atoms with E-state index >= 15 is 0 Å². The van der Waals surface area contributed by atoms with Gasteiger partial charge in [-0.1, -0.05) is 22.9 Å². The second kappa shape index (κ2) is 7.70. The van der Waals surface area contributed by atoms with Crippen LogP contribution in [-0.4, -0.2) is 36.3 Å². The SMILES string of the molecule is CC(C)NC(=O)Nc1nc2c(s1)CN(S(=O)(=O)c1ccc(F)c(Cl)c1)CC2. The van der Waals surface area contributed by atoms with E-state index in [0.29, 0.717) is 11.6 Å². The number of amides is 2. The zero-order chi connectivity index (χ0) is 19.8. The molecule has 1 aromatic heterocycles. The highest BCUT2D eigenvalue weighted by Gasteiger charge is 2.31. The first-order chi connectivity index (χ1) is 12.7. The van der Waals surface area contributed by atoms with Crippen molar-refractivity contribution < 1.29 is 17.6 Å². The summed E-state index contributed by atoms with van der Waals surface area (Å²) in [5.41, 5.74) is 0.767. The molecule has 11 heteroatoms. The Morgan fingerprint density at radius 2 is 2.15 bits per heavy atom. The van der Waals surface area contributed by atoms with E-state index in [9.17, 15) is 17.6 Å². The Morgan fingerprint density at radius 3 is 2.81 bits per heavy atom. The van der Waals surface area contributed by atoms with Gasteiger partial charge in [0, 0.05) is 23.9 Å². The molecule has 1 aliphatic heterocycles. The molecule has 27 heavy (non-hydrogen) atoms. The van der Waals surface area contributed by atoms with Crippen LogP contribution in [0.25, 0.3) is 0 Å². The van der Waals surface area contributed by atoms with E-state index in [2.05, 4.69) is 15.6 Å². The minimum Gasteiger partial charge on any atom is -0.336 e. The summed E-state index contributed by atoms with van der Waals surface area (Å²) in [4.78, 5) is 16.9. The lowest BCUT2D eigenvalue weighted by Crippen LogP contribution is -2.35. The maximum Gasteiger partial charge on any atom is 0.321 e. The zero-order valence-corrected chi connectivity index (χ0v) is 17.0. The molecule has 0 spiro atoms. The lowest BCUT2D eigenvalue weighted by Gasteiger charge is -2.25. The number of sulfonamides is 1. The number of urea groups is 1. The summed E-state index contributed by atoms with van der Waals surface area (Å²) in [6, 6.07) is 2.97. The van der Waals surface area contributed by atoms with Gasteiger partial charge in [0.1, 0.15) is 5.82 Å². The van der Waals surface area contributed by atoms with Gasteiger partial charge in [-0.2, -0.15) is 4.31 Å². The second-order valence-corrected chi connectivity index (χ2v) is 9.74. The van der Waals surface area contributed by atoms with E-state index in [4.69, 9.17) is 11.6 Å². The summed E-state index contributed by atoms with van der Waals surface area (Å²) in [5, 5.41) is 5.54. The lowest BCUT2D eigenvalue weighted by molar-refractivity contribution is 0.250. The van der Waals surface area contributed by atoms with Gasteiger partial charge >= 0.3 is 6.03 Å². The molecule has 0 unspecified atom stereocenters. The van der Waals surface area contributed by atoms with Crippen molar-refractivity contribution in [2.45, 2.75) is 37.8 Å². The fraction of sp³-hybridized carbons (Fsp3) is 0.375. The minimum atomic E-state index is -3.81. The van der Waals surface area contributed by atoms with Crippen molar-refractivity contribution in [1.29, 1.82) is 0 Å². The van der Waals surface area contributed by atoms with E-state index in [-0.39, 0.29) is 35.1 Å². The monoisotopic (exact) mass is 432 g/mol. The maximum absolute atomic E-state index is 13.3.